The number of rotatable bonds is 2. The zero-order valence-electron chi connectivity index (χ0n) is 10.5. The van der Waals surface area contributed by atoms with Crippen LogP contribution in [0, 0.1) is 0 Å². The van der Waals surface area contributed by atoms with Crippen LogP contribution >= 0.6 is 11.6 Å². The second-order valence-corrected chi connectivity index (χ2v) is 4.76. The second-order valence-electron chi connectivity index (χ2n) is 4.33. The van der Waals surface area contributed by atoms with Crippen LogP contribution in [0.15, 0.2) is 42.5 Å². The van der Waals surface area contributed by atoms with Crippen molar-refractivity contribution in [2.45, 2.75) is 13.1 Å². The van der Waals surface area contributed by atoms with Crippen LogP contribution in [0.2, 0.25) is 5.02 Å². The summed E-state index contributed by atoms with van der Waals surface area (Å²) < 4.78 is 39.0. The van der Waals surface area contributed by atoms with Gasteiger partial charge >= 0.3 is 6.18 Å². The number of ketones is 1. The van der Waals surface area contributed by atoms with E-state index in [1.54, 1.807) is 0 Å². The smallest absolute Gasteiger partial charge is 0.295 e. The summed E-state index contributed by atoms with van der Waals surface area (Å²) in [7, 11) is 0. The lowest BCUT2D eigenvalue weighted by atomic mass is 9.97. The Morgan fingerprint density at radius 3 is 2.35 bits per heavy atom. The maximum absolute atomic E-state index is 13.0. The summed E-state index contributed by atoms with van der Waals surface area (Å²) in [5.74, 6) is -0.252. The Balaban J connectivity index is 2.66. The number of benzene rings is 2. The van der Waals surface area contributed by atoms with E-state index in [1.165, 1.54) is 43.3 Å². The Hall–Kier alpha value is -1.81. The average molecular weight is 299 g/mol. The van der Waals surface area contributed by atoms with E-state index < -0.39 is 11.7 Å². The molecule has 2 aromatic carbocycles. The molecule has 0 aromatic heterocycles. The molecule has 2 rings (SSSR count). The number of Topliss-reactive ketones (excluding diaryl/α,β-unsaturated/α-hetero) is 1. The van der Waals surface area contributed by atoms with Crippen LogP contribution < -0.4 is 0 Å². The van der Waals surface area contributed by atoms with Crippen LogP contribution in [-0.4, -0.2) is 5.78 Å². The van der Waals surface area contributed by atoms with Gasteiger partial charge in [0.2, 0.25) is 0 Å². The van der Waals surface area contributed by atoms with E-state index in [4.69, 9.17) is 11.6 Å². The van der Waals surface area contributed by atoms with Crippen molar-refractivity contribution in [3.8, 4) is 11.1 Å². The van der Waals surface area contributed by atoms with Crippen molar-refractivity contribution in [2.24, 2.45) is 0 Å². The van der Waals surface area contributed by atoms with Crippen molar-refractivity contribution >= 4 is 17.4 Å². The lowest BCUT2D eigenvalue weighted by Crippen LogP contribution is -2.07. The zero-order chi connectivity index (χ0) is 14.9. The molecular formula is C15H10ClF3O. The highest BCUT2D eigenvalue weighted by Gasteiger charge is 2.33. The van der Waals surface area contributed by atoms with Crippen molar-refractivity contribution in [2.75, 3.05) is 0 Å². The van der Waals surface area contributed by atoms with Gasteiger partial charge in [0.1, 0.15) is 0 Å². The third-order valence-electron chi connectivity index (χ3n) is 2.85. The van der Waals surface area contributed by atoms with Gasteiger partial charge in [-0.2, -0.15) is 13.2 Å². The van der Waals surface area contributed by atoms with Crippen LogP contribution in [0.4, 0.5) is 13.2 Å². The summed E-state index contributed by atoms with van der Waals surface area (Å²) in [5.41, 5.74) is -0.193. The fourth-order valence-corrected chi connectivity index (χ4v) is 2.17. The summed E-state index contributed by atoms with van der Waals surface area (Å²) in [6.45, 7) is 1.34. The van der Waals surface area contributed by atoms with Gasteiger partial charge in [-0.05, 0) is 42.3 Å². The molecule has 0 aliphatic carbocycles. The average Bonchev–Trinajstić information content (AvgIpc) is 2.37. The van der Waals surface area contributed by atoms with Crippen LogP contribution in [0.3, 0.4) is 0 Å². The number of halogens is 4. The number of carbonyl (C=O) groups is 1. The Morgan fingerprint density at radius 1 is 1.10 bits per heavy atom. The van der Waals surface area contributed by atoms with Gasteiger partial charge in [-0.25, -0.2) is 0 Å². The molecule has 2 aromatic rings. The monoisotopic (exact) mass is 298 g/mol. The van der Waals surface area contributed by atoms with Crippen LogP contribution in [0.1, 0.15) is 22.8 Å². The molecule has 0 atom stereocenters. The largest absolute Gasteiger partial charge is 0.417 e. The minimum Gasteiger partial charge on any atom is -0.295 e. The zero-order valence-corrected chi connectivity index (χ0v) is 11.2. The Bertz CT molecular complexity index is 662. The third-order valence-corrected chi connectivity index (χ3v) is 3.07. The topological polar surface area (TPSA) is 17.1 Å². The Kier molecular flexibility index (Phi) is 3.86. The standard InChI is InChI=1S/C15H10ClF3O/c1-9(20)10-6-11(8-12(16)7-10)13-4-2-3-5-14(13)15(17,18)19/h2-8H,1H3. The molecule has 0 N–H and O–H groups in total. The number of hydrogen-bond donors (Lipinski definition) is 0. The van der Waals surface area contributed by atoms with E-state index in [1.807, 2.05) is 0 Å². The summed E-state index contributed by atoms with van der Waals surface area (Å²) in [6.07, 6.45) is -4.46. The van der Waals surface area contributed by atoms with Crippen molar-refractivity contribution in [3.63, 3.8) is 0 Å². The first-order chi connectivity index (χ1) is 9.29. The van der Waals surface area contributed by atoms with Gasteiger partial charge in [-0.15, -0.1) is 0 Å². The second kappa shape index (κ2) is 5.29. The minimum atomic E-state index is -4.46. The van der Waals surface area contributed by atoms with Crippen LogP contribution in [0.5, 0.6) is 0 Å². The molecule has 0 radical (unpaired) electrons. The van der Waals surface area contributed by atoms with Gasteiger partial charge in [0.05, 0.1) is 5.56 Å². The summed E-state index contributed by atoms with van der Waals surface area (Å²) in [4.78, 5) is 11.4. The normalized spacial score (nSPS) is 11.4. The van der Waals surface area contributed by atoms with Gasteiger partial charge in [-0.1, -0.05) is 29.8 Å². The maximum atomic E-state index is 13.0. The van der Waals surface area contributed by atoms with Gasteiger partial charge in [-0.3, -0.25) is 4.79 Å². The first kappa shape index (κ1) is 14.6. The Labute approximate surface area is 119 Å². The van der Waals surface area contributed by atoms with E-state index in [9.17, 15) is 18.0 Å². The predicted molar refractivity (Wildman–Crippen MR) is 71.9 cm³/mol. The van der Waals surface area contributed by atoms with Gasteiger partial charge in [0.15, 0.2) is 5.78 Å². The quantitative estimate of drug-likeness (QED) is 0.694. The molecule has 0 bridgehead atoms. The van der Waals surface area contributed by atoms with Gasteiger partial charge in [0, 0.05) is 10.6 Å². The maximum Gasteiger partial charge on any atom is 0.417 e. The molecule has 0 aliphatic rings. The molecule has 0 spiro atoms. The summed E-state index contributed by atoms with van der Waals surface area (Å²) >= 11 is 5.88. The highest BCUT2D eigenvalue weighted by Crippen LogP contribution is 2.37. The van der Waals surface area contributed by atoms with E-state index in [-0.39, 0.29) is 27.5 Å². The first-order valence-electron chi connectivity index (χ1n) is 5.77. The number of alkyl halides is 3. The molecule has 5 heteroatoms. The van der Waals surface area contributed by atoms with E-state index in [0.29, 0.717) is 0 Å². The van der Waals surface area contributed by atoms with Crippen molar-refractivity contribution in [1.29, 1.82) is 0 Å². The highest BCUT2D eigenvalue weighted by atomic mass is 35.5. The fraction of sp³-hybridized carbons (Fsp3) is 0.133. The third kappa shape index (κ3) is 3.02. The SMILES string of the molecule is CC(=O)c1cc(Cl)cc(-c2ccccc2C(F)(F)F)c1. The molecule has 0 heterocycles. The molecule has 1 nitrogen and oxygen atoms in total. The predicted octanol–water partition coefficient (Wildman–Crippen LogP) is 5.23. The summed E-state index contributed by atoms with van der Waals surface area (Å²) in [5, 5.41) is 0.227. The van der Waals surface area contributed by atoms with Crippen LogP contribution in [-0.2, 0) is 6.18 Å². The fourth-order valence-electron chi connectivity index (χ4n) is 1.93. The Morgan fingerprint density at radius 2 is 1.75 bits per heavy atom. The van der Waals surface area contributed by atoms with Gasteiger partial charge in [0.25, 0.3) is 0 Å². The van der Waals surface area contributed by atoms with Crippen molar-refractivity contribution < 1.29 is 18.0 Å². The molecule has 0 amide bonds. The minimum absolute atomic E-state index is 0.00463. The molecule has 104 valence electrons. The van der Waals surface area contributed by atoms with E-state index in [0.717, 1.165) is 6.07 Å². The van der Waals surface area contributed by atoms with E-state index in [2.05, 4.69) is 0 Å². The highest BCUT2D eigenvalue weighted by molar-refractivity contribution is 6.31. The number of carbonyl (C=O) groups excluding carboxylic acids is 1. The van der Waals surface area contributed by atoms with Crippen molar-refractivity contribution in [3.05, 3.63) is 58.6 Å². The molecule has 0 saturated heterocycles. The molecule has 20 heavy (non-hydrogen) atoms. The van der Waals surface area contributed by atoms with Crippen molar-refractivity contribution in [1.82, 2.24) is 0 Å². The molecule has 0 fully saturated rings. The lowest BCUT2D eigenvalue weighted by molar-refractivity contribution is -0.137. The molecule has 0 saturated carbocycles. The first-order valence-corrected chi connectivity index (χ1v) is 6.15. The summed E-state index contributed by atoms with van der Waals surface area (Å²) in [6, 6.07) is 9.46. The molecular weight excluding hydrogens is 289 g/mol. The van der Waals surface area contributed by atoms with Crippen LogP contribution in [0.25, 0.3) is 11.1 Å². The molecule has 0 unspecified atom stereocenters. The number of hydrogen-bond acceptors (Lipinski definition) is 1. The van der Waals surface area contributed by atoms with Gasteiger partial charge < -0.3 is 0 Å². The lowest BCUT2D eigenvalue weighted by Gasteiger charge is -2.13. The van der Waals surface area contributed by atoms with E-state index >= 15 is 0 Å². The molecule has 0 aliphatic heterocycles.